The van der Waals surface area contributed by atoms with E-state index in [2.05, 4.69) is 0 Å². The van der Waals surface area contributed by atoms with Gasteiger partial charge in [0.2, 0.25) is 0 Å². The zero-order valence-electron chi connectivity index (χ0n) is 11.1. The summed E-state index contributed by atoms with van der Waals surface area (Å²) in [5.74, 6) is 0.814. The molecule has 1 atom stereocenters. The third-order valence-corrected chi connectivity index (χ3v) is 2.49. The molecule has 0 saturated carbocycles. The Morgan fingerprint density at radius 1 is 1.17 bits per heavy atom. The molecule has 0 aromatic heterocycles. The van der Waals surface area contributed by atoms with Gasteiger partial charge < -0.3 is 19.3 Å². The fourth-order valence-electron chi connectivity index (χ4n) is 1.55. The maximum absolute atomic E-state index is 9.90. The van der Waals surface area contributed by atoms with Gasteiger partial charge in [0.1, 0.15) is 11.9 Å². The lowest BCUT2D eigenvalue weighted by Crippen LogP contribution is -2.09. The zero-order chi connectivity index (χ0) is 13.2. The van der Waals surface area contributed by atoms with Crippen molar-refractivity contribution < 1.29 is 19.3 Å². The lowest BCUT2D eigenvalue weighted by molar-refractivity contribution is 0.0279. The van der Waals surface area contributed by atoms with Gasteiger partial charge in [-0.15, -0.1) is 0 Å². The molecule has 0 aliphatic carbocycles. The first-order valence-electron chi connectivity index (χ1n) is 6.25. The number of aliphatic hydroxyl groups excluding tert-OH is 1. The molecular weight excluding hydrogens is 232 g/mol. The van der Waals surface area contributed by atoms with Crippen LogP contribution in [0.5, 0.6) is 5.75 Å². The van der Waals surface area contributed by atoms with E-state index in [1.165, 1.54) is 0 Å². The van der Waals surface area contributed by atoms with Crippen LogP contribution >= 0.6 is 0 Å². The summed E-state index contributed by atoms with van der Waals surface area (Å²) in [7, 11) is 1.66. The van der Waals surface area contributed by atoms with Crippen LogP contribution in [-0.4, -0.2) is 38.6 Å². The minimum absolute atomic E-state index is 0.303. The van der Waals surface area contributed by atoms with Crippen molar-refractivity contribution in [1.82, 2.24) is 0 Å². The van der Waals surface area contributed by atoms with E-state index >= 15 is 0 Å². The van der Waals surface area contributed by atoms with Gasteiger partial charge in [0.15, 0.2) is 0 Å². The van der Waals surface area contributed by atoms with Gasteiger partial charge in [0.25, 0.3) is 0 Å². The summed E-state index contributed by atoms with van der Waals surface area (Å²) >= 11 is 0. The Morgan fingerprint density at radius 2 is 1.89 bits per heavy atom. The smallest absolute Gasteiger partial charge is 0.119 e. The number of hydrogen-bond acceptors (Lipinski definition) is 4. The first-order valence-corrected chi connectivity index (χ1v) is 6.25. The predicted octanol–water partition coefficient (Wildman–Crippen LogP) is 2.17. The highest BCUT2D eigenvalue weighted by atomic mass is 16.5. The lowest BCUT2D eigenvalue weighted by Gasteiger charge is -2.12. The molecule has 1 unspecified atom stereocenters. The molecule has 0 saturated heterocycles. The number of hydrogen-bond donors (Lipinski definition) is 1. The third kappa shape index (κ3) is 5.49. The molecule has 1 aromatic rings. The monoisotopic (exact) mass is 254 g/mol. The van der Waals surface area contributed by atoms with Crippen LogP contribution in [0.3, 0.4) is 0 Å². The van der Waals surface area contributed by atoms with Crippen molar-refractivity contribution in [2.75, 3.05) is 33.5 Å². The van der Waals surface area contributed by atoms with E-state index < -0.39 is 6.10 Å². The summed E-state index contributed by atoms with van der Waals surface area (Å²) in [6, 6.07) is 7.42. The first kappa shape index (κ1) is 15.0. The standard InChI is InChI=1S/C14H22O4/c1-3-18-13-7-5-12(6-8-13)14(15)11-17-10-4-9-16-2/h5-8,14-15H,3-4,9-11H2,1-2H3. The van der Waals surface area contributed by atoms with Gasteiger partial charge in [0.05, 0.1) is 13.2 Å². The fraction of sp³-hybridized carbons (Fsp3) is 0.571. The second kappa shape index (κ2) is 8.91. The summed E-state index contributed by atoms with van der Waals surface area (Å²) in [6.07, 6.45) is 0.246. The normalized spacial score (nSPS) is 12.4. The number of rotatable bonds is 9. The van der Waals surface area contributed by atoms with E-state index in [1.807, 2.05) is 31.2 Å². The van der Waals surface area contributed by atoms with Crippen LogP contribution in [0, 0.1) is 0 Å². The van der Waals surface area contributed by atoms with Gasteiger partial charge in [-0.25, -0.2) is 0 Å². The van der Waals surface area contributed by atoms with Gasteiger partial charge in [-0.05, 0) is 31.0 Å². The first-order chi connectivity index (χ1) is 8.77. The van der Waals surface area contributed by atoms with Crippen molar-refractivity contribution >= 4 is 0 Å². The topological polar surface area (TPSA) is 47.9 Å². The van der Waals surface area contributed by atoms with Crippen LogP contribution in [0.4, 0.5) is 0 Å². The summed E-state index contributed by atoms with van der Waals surface area (Å²) in [5, 5.41) is 9.90. The Hall–Kier alpha value is -1.10. The highest BCUT2D eigenvalue weighted by molar-refractivity contribution is 5.28. The van der Waals surface area contributed by atoms with Crippen LogP contribution in [0.15, 0.2) is 24.3 Å². The van der Waals surface area contributed by atoms with Crippen molar-refractivity contribution in [3.05, 3.63) is 29.8 Å². The second-order valence-electron chi connectivity index (χ2n) is 3.94. The minimum Gasteiger partial charge on any atom is -0.494 e. The van der Waals surface area contributed by atoms with Gasteiger partial charge in [-0.1, -0.05) is 12.1 Å². The van der Waals surface area contributed by atoms with Gasteiger partial charge in [-0.3, -0.25) is 0 Å². The van der Waals surface area contributed by atoms with Crippen LogP contribution in [-0.2, 0) is 9.47 Å². The summed E-state index contributed by atoms with van der Waals surface area (Å²) in [4.78, 5) is 0. The molecule has 0 spiro atoms. The number of ether oxygens (including phenoxy) is 3. The predicted molar refractivity (Wildman–Crippen MR) is 69.9 cm³/mol. The largest absolute Gasteiger partial charge is 0.494 e. The van der Waals surface area contributed by atoms with Crippen molar-refractivity contribution in [3.63, 3.8) is 0 Å². The van der Waals surface area contributed by atoms with Crippen molar-refractivity contribution in [2.45, 2.75) is 19.4 Å². The maximum atomic E-state index is 9.90. The number of aliphatic hydroxyl groups is 1. The molecular formula is C14H22O4. The summed E-state index contributed by atoms with van der Waals surface area (Å²) < 4.78 is 15.6. The molecule has 4 nitrogen and oxygen atoms in total. The minimum atomic E-state index is -0.594. The summed E-state index contributed by atoms with van der Waals surface area (Å²) in [5.41, 5.74) is 0.838. The molecule has 102 valence electrons. The lowest BCUT2D eigenvalue weighted by atomic mass is 10.1. The SMILES string of the molecule is CCOc1ccc(C(O)COCCCOC)cc1. The van der Waals surface area contributed by atoms with Gasteiger partial charge in [0, 0.05) is 20.3 Å². The van der Waals surface area contributed by atoms with Crippen LogP contribution in [0.1, 0.15) is 25.0 Å². The second-order valence-corrected chi connectivity index (χ2v) is 3.94. The maximum Gasteiger partial charge on any atom is 0.119 e. The molecule has 1 aromatic carbocycles. The van der Waals surface area contributed by atoms with Crippen molar-refractivity contribution in [1.29, 1.82) is 0 Å². The van der Waals surface area contributed by atoms with E-state index in [-0.39, 0.29) is 0 Å². The van der Waals surface area contributed by atoms with Crippen molar-refractivity contribution in [3.8, 4) is 5.75 Å². The average Bonchev–Trinajstić information content (AvgIpc) is 2.39. The molecule has 0 amide bonds. The molecule has 0 heterocycles. The highest BCUT2D eigenvalue weighted by Gasteiger charge is 2.07. The Balaban J connectivity index is 2.30. The molecule has 4 heteroatoms. The molecule has 0 bridgehead atoms. The molecule has 0 fully saturated rings. The molecule has 0 aliphatic rings. The van der Waals surface area contributed by atoms with Gasteiger partial charge in [-0.2, -0.15) is 0 Å². The molecule has 1 rings (SSSR count). The van der Waals surface area contributed by atoms with E-state index in [4.69, 9.17) is 14.2 Å². The van der Waals surface area contributed by atoms with Crippen LogP contribution < -0.4 is 4.74 Å². The van der Waals surface area contributed by atoms with E-state index in [0.717, 1.165) is 17.7 Å². The molecule has 0 aliphatic heterocycles. The molecule has 18 heavy (non-hydrogen) atoms. The number of methoxy groups -OCH3 is 1. The zero-order valence-corrected chi connectivity index (χ0v) is 11.1. The van der Waals surface area contributed by atoms with Crippen LogP contribution in [0.25, 0.3) is 0 Å². The highest BCUT2D eigenvalue weighted by Crippen LogP contribution is 2.18. The van der Waals surface area contributed by atoms with Crippen LogP contribution in [0.2, 0.25) is 0 Å². The van der Waals surface area contributed by atoms with E-state index in [1.54, 1.807) is 7.11 Å². The quantitative estimate of drug-likeness (QED) is 0.686. The third-order valence-electron chi connectivity index (χ3n) is 2.49. The molecule has 0 radical (unpaired) electrons. The Bertz CT molecular complexity index is 310. The Kier molecular flexibility index (Phi) is 7.41. The Labute approximate surface area is 108 Å². The fourth-order valence-corrected chi connectivity index (χ4v) is 1.55. The average molecular weight is 254 g/mol. The number of benzene rings is 1. The molecule has 1 N–H and O–H groups in total. The van der Waals surface area contributed by atoms with E-state index in [9.17, 15) is 5.11 Å². The van der Waals surface area contributed by atoms with Gasteiger partial charge >= 0.3 is 0 Å². The summed E-state index contributed by atoms with van der Waals surface area (Å²) in [6.45, 7) is 4.17. The Morgan fingerprint density at radius 3 is 2.50 bits per heavy atom. The van der Waals surface area contributed by atoms with E-state index in [0.29, 0.717) is 26.4 Å². The van der Waals surface area contributed by atoms with Crippen molar-refractivity contribution in [2.24, 2.45) is 0 Å².